The number of benzene rings is 1. The third-order valence-electron chi connectivity index (χ3n) is 4.30. The lowest BCUT2D eigenvalue weighted by Gasteiger charge is -2.15. The zero-order valence-corrected chi connectivity index (χ0v) is 16.2. The Kier molecular flexibility index (Phi) is 6.20. The lowest BCUT2D eigenvalue weighted by atomic mass is 10.1. The average molecular weight is 400 g/mol. The monoisotopic (exact) mass is 400 g/mol. The highest BCUT2D eigenvalue weighted by molar-refractivity contribution is 7.13. The van der Waals surface area contributed by atoms with Crippen molar-refractivity contribution in [2.75, 3.05) is 24.6 Å². The predicted molar refractivity (Wildman–Crippen MR) is 105 cm³/mol. The van der Waals surface area contributed by atoms with Gasteiger partial charge in [0.25, 0.3) is 5.91 Å². The first-order chi connectivity index (χ1) is 13.4. The molecule has 146 valence electrons. The number of carbonyl (C=O) groups is 4. The van der Waals surface area contributed by atoms with Crippen LogP contribution >= 0.6 is 11.3 Å². The maximum absolute atomic E-state index is 12.2. The lowest BCUT2D eigenvalue weighted by molar-refractivity contribution is -0.141. The summed E-state index contributed by atoms with van der Waals surface area (Å²) in [6, 6.07) is 10.1. The first-order valence-corrected chi connectivity index (χ1v) is 9.69. The van der Waals surface area contributed by atoms with Crippen LogP contribution in [0, 0.1) is 6.92 Å². The summed E-state index contributed by atoms with van der Waals surface area (Å²) in [4.78, 5) is 50.7. The number of carbonyl (C=O) groups excluding carboxylic acids is 4. The number of rotatable bonds is 7. The van der Waals surface area contributed by atoms with Crippen LogP contribution in [0.4, 0.5) is 5.69 Å². The second-order valence-corrected chi connectivity index (χ2v) is 7.66. The van der Waals surface area contributed by atoms with Gasteiger partial charge in [0.05, 0.1) is 4.88 Å². The largest absolute Gasteiger partial charge is 0.456 e. The number of Topliss-reactive ketones (excluding diaryl/α,β-unsaturated/α-hetero) is 1. The molecule has 0 unspecified atom stereocenters. The minimum absolute atomic E-state index is 0.0766. The van der Waals surface area contributed by atoms with Crippen molar-refractivity contribution in [1.29, 1.82) is 0 Å². The van der Waals surface area contributed by atoms with Crippen LogP contribution in [0.25, 0.3) is 0 Å². The minimum Gasteiger partial charge on any atom is -0.456 e. The molecule has 0 bridgehead atoms. The molecule has 1 aromatic heterocycles. The molecule has 1 fully saturated rings. The van der Waals surface area contributed by atoms with E-state index in [4.69, 9.17) is 4.74 Å². The van der Waals surface area contributed by atoms with Crippen molar-refractivity contribution in [3.8, 4) is 0 Å². The van der Waals surface area contributed by atoms with E-state index in [9.17, 15) is 19.2 Å². The summed E-state index contributed by atoms with van der Waals surface area (Å²) in [6.45, 7) is 1.85. The number of hydrogen-bond donors (Lipinski definition) is 1. The average Bonchev–Trinajstić information content (AvgIpc) is 3.32. The van der Waals surface area contributed by atoms with Gasteiger partial charge in [-0.2, -0.15) is 0 Å². The van der Waals surface area contributed by atoms with Crippen LogP contribution < -0.4 is 10.2 Å². The van der Waals surface area contributed by atoms with Crippen molar-refractivity contribution in [1.82, 2.24) is 5.32 Å². The third kappa shape index (κ3) is 4.83. The number of nitrogens with one attached hydrogen (secondary N) is 1. The number of ketones is 1. The Morgan fingerprint density at radius 2 is 1.89 bits per heavy atom. The van der Waals surface area contributed by atoms with Gasteiger partial charge in [0, 0.05) is 29.1 Å². The van der Waals surface area contributed by atoms with Crippen LogP contribution in [0.2, 0.25) is 0 Å². The van der Waals surface area contributed by atoms with E-state index >= 15 is 0 Å². The zero-order chi connectivity index (χ0) is 20.1. The van der Waals surface area contributed by atoms with Gasteiger partial charge in [0.15, 0.2) is 12.4 Å². The number of amides is 2. The molecule has 2 aromatic rings. The zero-order valence-electron chi connectivity index (χ0n) is 15.4. The molecule has 0 saturated carbocycles. The van der Waals surface area contributed by atoms with E-state index in [2.05, 4.69) is 5.32 Å². The van der Waals surface area contributed by atoms with Crippen LogP contribution in [-0.2, 0) is 14.3 Å². The standard InChI is InChI=1S/C20H20N2O5S/c1-13-4-9-17(28-13)20(26)21-11-19(25)27-12-16(23)14-5-7-15(8-6-14)22-10-2-3-18(22)24/h4-9H,2-3,10-12H2,1H3,(H,21,26). The van der Waals surface area contributed by atoms with Crippen LogP contribution in [0.1, 0.15) is 37.7 Å². The summed E-state index contributed by atoms with van der Waals surface area (Å²) in [5.41, 5.74) is 1.14. The van der Waals surface area contributed by atoms with E-state index in [0.717, 1.165) is 17.0 Å². The number of hydrogen-bond acceptors (Lipinski definition) is 6. The van der Waals surface area contributed by atoms with Crippen molar-refractivity contribution < 1.29 is 23.9 Å². The van der Waals surface area contributed by atoms with Crippen molar-refractivity contribution in [2.24, 2.45) is 0 Å². The van der Waals surface area contributed by atoms with Crippen molar-refractivity contribution in [3.05, 3.63) is 51.7 Å². The quantitative estimate of drug-likeness (QED) is 0.569. The molecule has 1 aliphatic rings. The number of esters is 1. The normalized spacial score (nSPS) is 13.5. The van der Waals surface area contributed by atoms with Crippen LogP contribution in [-0.4, -0.2) is 43.3 Å². The van der Waals surface area contributed by atoms with E-state index in [1.807, 2.05) is 13.0 Å². The number of ether oxygens (including phenoxy) is 1. The Bertz CT molecular complexity index is 904. The molecule has 1 saturated heterocycles. The smallest absolute Gasteiger partial charge is 0.325 e. The minimum atomic E-state index is -0.686. The van der Waals surface area contributed by atoms with E-state index in [0.29, 0.717) is 23.4 Å². The first-order valence-electron chi connectivity index (χ1n) is 8.88. The summed E-state index contributed by atoms with van der Waals surface area (Å²) in [7, 11) is 0. The highest BCUT2D eigenvalue weighted by atomic mass is 32.1. The van der Waals surface area contributed by atoms with Crippen molar-refractivity contribution >= 4 is 40.6 Å². The molecule has 0 atom stereocenters. The number of thiophene rings is 1. The maximum Gasteiger partial charge on any atom is 0.325 e. The lowest BCUT2D eigenvalue weighted by Crippen LogP contribution is -2.31. The Balaban J connectivity index is 1.45. The molecule has 0 aliphatic carbocycles. The third-order valence-corrected chi connectivity index (χ3v) is 5.30. The fraction of sp³-hybridized carbons (Fsp3) is 0.300. The number of nitrogens with zero attached hydrogens (tertiary/aromatic N) is 1. The topological polar surface area (TPSA) is 92.8 Å². The van der Waals surface area contributed by atoms with E-state index in [1.165, 1.54) is 11.3 Å². The van der Waals surface area contributed by atoms with E-state index < -0.39 is 12.6 Å². The van der Waals surface area contributed by atoms with Crippen LogP contribution in [0.5, 0.6) is 0 Å². The second kappa shape index (κ2) is 8.79. The Morgan fingerprint density at radius 1 is 1.14 bits per heavy atom. The molecular formula is C20H20N2O5S. The van der Waals surface area contributed by atoms with Gasteiger partial charge < -0.3 is 15.0 Å². The summed E-state index contributed by atoms with van der Waals surface area (Å²) >= 11 is 1.33. The summed E-state index contributed by atoms with van der Waals surface area (Å²) in [5.74, 6) is -1.32. The van der Waals surface area contributed by atoms with Gasteiger partial charge in [0.2, 0.25) is 5.91 Å². The summed E-state index contributed by atoms with van der Waals surface area (Å²) in [5, 5.41) is 2.47. The molecule has 1 aliphatic heterocycles. The highest BCUT2D eigenvalue weighted by Gasteiger charge is 2.21. The number of anilines is 1. The Labute approximate surface area is 166 Å². The second-order valence-electron chi connectivity index (χ2n) is 6.37. The van der Waals surface area contributed by atoms with Crippen molar-refractivity contribution in [3.63, 3.8) is 0 Å². The SMILES string of the molecule is Cc1ccc(C(=O)NCC(=O)OCC(=O)c2ccc(N3CCCC3=O)cc2)s1. The number of aryl methyl sites for hydroxylation is 1. The maximum atomic E-state index is 12.2. The van der Waals surface area contributed by atoms with Gasteiger partial charge in [-0.3, -0.25) is 19.2 Å². The molecule has 0 radical (unpaired) electrons. The molecule has 8 heteroatoms. The summed E-state index contributed by atoms with van der Waals surface area (Å²) in [6.07, 6.45) is 1.37. The van der Waals surface area contributed by atoms with Crippen molar-refractivity contribution in [2.45, 2.75) is 19.8 Å². The molecule has 2 heterocycles. The Morgan fingerprint density at radius 3 is 2.50 bits per heavy atom. The van der Waals surface area contributed by atoms with Gasteiger partial charge in [-0.05, 0) is 49.7 Å². The van der Waals surface area contributed by atoms with Gasteiger partial charge in [-0.15, -0.1) is 11.3 Å². The van der Waals surface area contributed by atoms with Gasteiger partial charge in [-0.1, -0.05) is 0 Å². The van der Waals surface area contributed by atoms with Crippen LogP contribution in [0.3, 0.4) is 0 Å². The molecule has 2 amide bonds. The molecule has 3 rings (SSSR count). The Hall–Kier alpha value is -3.00. The molecule has 28 heavy (non-hydrogen) atoms. The fourth-order valence-corrected chi connectivity index (χ4v) is 3.61. The molecule has 1 aromatic carbocycles. The predicted octanol–water partition coefficient (Wildman–Crippen LogP) is 2.34. The van der Waals surface area contributed by atoms with E-state index in [1.54, 1.807) is 35.2 Å². The van der Waals surface area contributed by atoms with Gasteiger partial charge in [-0.25, -0.2) is 0 Å². The fourth-order valence-electron chi connectivity index (χ4n) is 2.82. The van der Waals surface area contributed by atoms with Gasteiger partial charge in [0.1, 0.15) is 6.54 Å². The first kappa shape index (κ1) is 19.8. The van der Waals surface area contributed by atoms with E-state index in [-0.39, 0.29) is 24.1 Å². The molecule has 1 N–H and O–H groups in total. The highest BCUT2D eigenvalue weighted by Crippen LogP contribution is 2.21. The van der Waals surface area contributed by atoms with Gasteiger partial charge >= 0.3 is 5.97 Å². The summed E-state index contributed by atoms with van der Waals surface area (Å²) < 4.78 is 4.93. The molecule has 0 spiro atoms. The molecule has 7 nitrogen and oxygen atoms in total. The molecular weight excluding hydrogens is 380 g/mol. The van der Waals surface area contributed by atoms with Crippen LogP contribution in [0.15, 0.2) is 36.4 Å².